The van der Waals surface area contributed by atoms with Crippen molar-refractivity contribution in [3.05, 3.63) is 53.7 Å². The van der Waals surface area contributed by atoms with Crippen LogP contribution in [-0.2, 0) is 7.05 Å². The molecule has 0 amide bonds. The van der Waals surface area contributed by atoms with Crippen LogP contribution in [0.2, 0.25) is 0 Å². The molecule has 1 aromatic heterocycles. The van der Waals surface area contributed by atoms with Gasteiger partial charge in [-0.3, -0.25) is 0 Å². The van der Waals surface area contributed by atoms with Gasteiger partial charge in [0.25, 0.3) is 0 Å². The number of benzene rings is 1. The molecule has 15 heavy (non-hydrogen) atoms. The minimum Gasteiger partial charge on any atom is -0.201 e. The van der Waals surface area contributed by atoms with Gasteiger partial charge in [-0.15, -0.1) is 0 Å². The monoisotopic (exact) mass is 198 g/mol. The van der Waals surface area contributed by atoms with Gasteiger partial charge in [0.15, 0.2) is 6.20 Å². The van der Waals surface area contributed by atoms with E-state index in [2.05, 4.69) is 68.1 Å². The maximum atomic E-state index is 2.18. The Labute approximate surface area is 91.0 Å². The molecule has 0 unspecified atom stereocenters. The Morgan fingerprint density at radius 2 is 1.67 bits per heavy atom. The van der Waals surface area contributed by atoms with Crippen molar-refractivity contribution in [1.82, 2.24) is 0 Å². The second kappa shape index (κ2) is 3.85. The van der Waals surface area contributed by atoms with E-state index >= 15 is 0 Å². The van der Waals surface area contributed by atoms with Crippen molar-refractivity contribution in [3.8, 4) is 11.3 Å². The fraction of sp³-hybridized carbons (Fsp3) is 0.214. The van der Waals surface area contributed by atoms with Gasteiger partial charge in [0.1, 0.15) is 7.05 Å². The lowest BCUT2D eigenvalue weighted by atomic mass is 10.0. The summed E-state index contributed by atoms with van der Waals surface area (Å²) in [4.78, 5) is 0. The molecule has 0 N–H and O–H groups in total. The first kappa shape index (κ1) is 9.91. The van der Waals surface area contributed by atoms with Gasteiger partial charge in [-0.1, -0.05) is 18.2 Å². The zero-order valence-corrected chi connectivity index (χ0v) is 9.49. The molecule has 2 aromatic rings. The van der Waals surface area contributed by atoms with Gasteiger partial charge in [-0.25, -0.2) is 4.57 Å². The van der Waals surface area contributed by atoms with Crippen LogP contribution in [0.3, 0.4) is 0 Å². The Morgan fingerprint density at radius 1 is 0.933 bits per heavy atom. The van der Waals surface area contributed by atoms with E-state index in [4.69, 9.17) is 0 Å². The standard InChI is InChI=1S/C14H16N/c1-11-8-9-14(15(3)10-11)13-7-5-4-6-12(13)2/h4-10H,1-3H3/q+1. The summed E-state index contributed by atoms with van der Waals surface area (Å²) in [6.45, 7) is 4.26. The first-order valence-electron chi connectivity index (χ1n) is 5.21. The van der Waals surface area contributed by atoms with Crippen LogP contribution < -0.4 is 4.57 Å². The molecule has 0 atom stereocenters. The van der Waals surface area contributed by atoms with Crippen molar-refractivity contribution in [2.45, 2.75) is 13.8 Å². The second-order valence-electron chi connectivity index (χ2n) is 4.02. The Morgan fingerprint density at radius 3 is 2.33 bits per heavy atom. The van der Waals surface area contributed by atoms with Crippen molar-refractivity contribution in [1.29, 1.82) is 0 Å². The molecule has 2 rings (SSSR count). The van der Waals surface area contributed by atoms with E-state index in [-0.39, 0.29) is 0 Å². The first-order chi connectivity index (χ1) is 7.18. The molecule has 1 aromatic carbocycles. The molecule has 76 valence electrons. The number of nitrogens with zero attached hydrogens (tertiary/aromatic N) is 1. The second-order valence-corrected chi connectivity index (χ2v) is 4.02. The van der Waals surface area contributed by atoms with E-state index in [9.17, 15) is 0 Å². The molecular formula is C14H16N+. The number of aromatic nitrogens is 1. The average Bonchev–Trinajstić information content (AvgIpc) is 2.20. The Hall–Kier alpha value is -1.63. The molecule has 0 aliphatic carbocycles. The van der Waals surface area contributed by atoms with Crippen molar-refractivity contribution < 1.29 is 4.57 Å². The fourth-order valence-electron chi connectivity index (χ4n) is 1.89. The number of rotatable bonds is 1. The van der Waals surface area contributed by atoms with Crippen LogP contribution in [-0.4, -0.2) is 0 Å². The molecular weight excluding hydrogens is 182 g/mol. The highest BCUT2D eigenvalue weighted by Gasteiger charge is 2.10. The minimum atomic E-state index is 1.26. The summed E-state index contributed by atoms with van der Waals surface area (Å²) in [6, 6.07) is 12.8. The third-order valence-electron chi connectivity index (χ3n) is 2.70. The van der Waals surface area contributed by atoms with Crippen LogP contribution >= 0.6 is 0 Å². The summed E-state index contributed by atoms with van der Waals surface area (Å²) >= 11 is 0. The van der Waals surface area contributed by atoms with Gasteiger partial charge in [0.05, 0.1) is 0 Å². The fourth-order valence-corrected chi connectivity index (χ4v) is 1.89. The van der Waals surface area contributed by atoms with Crippen molar-refractivity contribution in [2.75, 3.05) is 0 Å². The lowest BCUT2D eigenvalue weighted by molar-refractivity contribution is -0.660. The molecule has 0 bridgehead atoms. The van der Waals surface area contributed by atoms with E-state index in [0.29, 0.717) is 0 Å². The van der Waals surface area contributed by atoms with E-state index < -0.39 is 0 Å². The SMILES string of the molecule is Cc1ccc(-c2ccccc2C)[n+](C)c1. The Bertz CT molecular complexity index is 486. The third kappa shape index (κ3) is 1.91. The zero-order chi connectivity index (χ0) is 10.8. The highest BCUT2D eigenvalue weighted by molar-refractivity contribution is 5.60. The summed E-state index contributed by atoms with van der Waals surface area (Å²) in [5.41, 5.74) is 5.17. The van der Waals surface area contributed by atoms with E-state index in [0.717, 1.165) is 0 Å². The number of hydrogen-bond acceptors (Lipinski definition) is 0. The maximum absolute atomic E-state index is 2.18. The predicted molar refractivity (Wildman–Crippen MR) is 62.5 cm³/mol. The van der Waals surface area contributed by atoms with E-state index in [1.807, 2.05) is 0 Å². The maximum Gasteiger partial charge on any atom is 0.212 e. The zero-order valence-electron chi connectivity index (χ0n) is 9.49. The highest BCUT2D eigenvalue weighted by atomic mass is 14.9. The molecule has 0 fully saturated rings. The van der Waals surface area contributed by atoms with Gasteiger partial charge in [0, 0.05) is 17.2 Å². The molecule has 0 aliphatic heterocycles. The Kier molecular flexibility index (Phi) is 2.55. The summed E-state index contributed by atoms with van der Waals surface area (Å²) in [5.74, 6) is 0. The molecule has 0 aliphatic rings. The summed E-state index contributed by atoms with van der Waals surface area (Å²) in [6.07, 6.45) is 2.15. The average molecular weight is 198 g/mol. The van der Waals surface area contributed by atoms with Crippen LogP contribution in [0.25, 0.3) is 11.3 Å². The molecule has 1 heteroatoms. The predicted octanol–water partition coefficient (Wildman–Crippen LogP) is 2.79. The normalized spacial score (nSPS) is 10.3. The van der Waals surface area contributed by atoms with Crippen LogP contribution in [0, 0.1) is 13.8 Å². The third-order valence-corrected chi connectivity index (χ3v) is 2.70. The van der Waals surface area contributed by atoms with Crippen LogP contribution in [0.15, 0.2) is 42.6 Å². The molecule has 0 saturated heterocycles. The van der Waals surface area contributed by atoms with Gasteiger partial charge in [-0.2, -0.15) is 0 Å². The Balaban J connectivity index is 2.60. The summed E-state index contributed by atoms with van der Waals surface area (Å²) in [7, 11) is 2.09. The highest BCUT2D eigenvalue weighted by Crippen LogP contribution is 2.19. The van der Waals surface area contributed by atoms with Gasteiger partial charge >= 0.3 is 0 Å². The summed E-state index contributed by atoms with van der Waals surface area (Å²) < 4.78 is 2.18. The first-order valence-corrected chi connectivity index (χ1v) is 5.21. The molecule has 0 saturated carbocycles. The summed E-state index contributed by atoms with van der Waals surface area (Å²) in [5, 5.41) is 0. The number of hydrogen-bond donors (Lipinski definition) is 0. The van der Waals surface area contributed by atoms with E-state index in [1.54, 1.807) is 0 Å². The van der Waals surface area contributed by atoms with Crippen molar-refractivity contribution >= 4 is 0 Å². The van der Waals surface area contributed by atoms with Crippen LogP contribution in [0.1, 0.15) is 11.1 Å². The van der Waals surface area contributed by atoms with Crippen LogP contribution in [0.5, 0.6) is 0 Å². The molecule has 1 nitrogen and oxygen atoms in total. The van der Waals surface area contributed by atoms with E-state index in [1.165, 1.54) is 22.4 Å². The van der Waals surface area contributed by atoms with Crippen LogP contribution in [0.4, 0.5) is 0 Å². The smallest absolute Gasteiger partial charge is 0.201 e. The van der Waals surface area contributed by atoms with Gasteiger partial charge in [0.2, 0.25) is 5.69 Å². The lowest BCUT2D eigenvalue weighted by Crippen LogP contribution is -2.30. The number of aryl methyl sites for hydroxylation is 3. The number of pyridine rings is 1. The van der Waals surface area contributed by atoms with Gasteiger partial charge < -0.3 is 0 Å². The largest absolute Gasteiger partial charge is 0.212 e. The molecule has 0 spiro atoms. The van der Waals surface area contributed by atoms with Crippen molar-refractivity contribution in [2.24, 2.45) is 7.05 Å². The minimum absolute atomic E-state index is 1.26. The van der Waals surface area contributed by atoms with Gasteiger partial charge in [-0.05, 0) is 31.5 Å². The quantitative estimate of drug-likeness (QED) is 0.620. The topological polar surface area (TPSA) is 3.88 Å². The molecule has 1 heterocycles. The van der Waals surface area contributed by atoms with Crippen molar-refractivity contribution in [3.63, 3.8) is 0 Å². The lowest BCUT2D eigenvalue weighted by Gasteiger charge is -2.03. The molecule has 0 radical (unpaired) electrons.